The number of benzene rings is 2. The van der Waals surface area contributed by atoms with Crippen molar-refractivity contribution in [2.24, 2.45) is 0 Å². The van der Waals surface area contributed by atoms with E-state index in [2.05, 4.69) is 30.6 Å². The third kappa shape index (κ3) is 4.51. The van der Waals surface area contributed by atoms with Crippen LogP contribution in [0, 0.1) is 0 Å². The van der Waals surface area contributed by atoms with Gasteiger partial charge in [0.2, 0.25) is 12.7 Å². The predicted octanol–water partition coefficient (Wildman–Crippen LogP) is 3.74. The van der Waals surface area contributed by atoms with Gasteiger partial charge in [0, 0.05) is 30.3 Å². The van der Waals surface area contributed by atoms with Gasteiger partial charge in [-0.05, 0) is 30.4 Å². The van der Waals surface area contributed by atoms with Crippen molar-refractivity contribution in [1.82, 2.24) is 19.9 Å². The molecule has 0 amide bonds. The zero-order valence-corrected chi connectivity index (χ0v) is 19.9. The molecule has 0 fully saturated rings. The molecule has 5 rings (SSSR count). The molecule has 0 saturated carbocycles. The predicted molar refractivity (Wildman–Crippen MR) is 135 cm³/mol. The van der Waals surface area contributed by atoms with Crippen molar-refractivity contribution in [3.8, 4) is 23.0 Å². The molecule has 178 valence electrons. The molecule has 1 aliphatic rings. The molecular formula is C23H21N7O4S. The monoisotopic (exact) mass is 491 g/mol. The molecule has 35 heavy (non-hydrogen) atoms. The van der Waals surface area contributed by atoms with Crippen LogP contribution in [-0.4, -0.2) is 53.1 Å². The Morgan fingerprint density at radius 3 is 2.49 bits per heavy atom. The maximum atomic E-state index is 5.54. The fourth-order valence-electron chi connectivity index (χ4n) is 3.46. The van der Waals surface area contributed by atoms with Gasteiger partial charge in [-0.3, -0.25) is 0 Å². The summed E-state index contributed by atoms with van der Waals surface area (Å²) in [5, 5.41) is 7.46. The molecule has 0 spiro atoms. The number of aromatic nitrogens is 4. The van der Waals surface area contributed by atoms with Crippen molar-refractivity contribution in [1.29, 1.82) is 0 Å². The highest BCUT2D eigenvalue weighted by molar-refractivity contribution is 7.80. The number of ether oxygens (including phenoxy) is 4. The normalized spacial score (nSPS) is 11.7. The molecule has 0 aliphatic carbocycles. The van der Waals surface area contributed by atoms with Crippen molar-refractivity contribution in [3.63, 3.8) is 0 Å². The topological polar surface area (TPSA) is 116 Å². The van der Waals surface area contributed by atoms with E-state index in [1.165, 1.54) is 6.33 Å². The minimum absolute atomic E-state index is 0.218. The van der Waals surface area contributed by atoms with Crippen LogP contribution in [0.3, 0.4) is 0 Å². The molecular weight excluding hydrogens is 470 g/mol. The molecule has 1 aliphatic heterocycles. The highest BCUT2D eigenvalue weighted by atomic mass is 32.1. The molecule has 0 saturated heterocycles. The van der Waals surface area contributed by atoms with Crippen LogP contribution in [0.15, 0.2) is 49.1 Å². The summed E-state index contributed by atoms with van der Waals surface area (Å²) >= 11 is 5.54. The van der Waals surface area contributed by atoms with Gasteiger partial charge >= 0.3 is 0 Å². The Labute approximate surface area is 206 Å². The number of rotatable bonds is 6. The van der Waals surface area contributed by atoms with E-state index in [1.807, 2.05) is 30.1 Å². The Morgan fingerprint density at radius 1 is 0.971 bits per heavy atom. The molecule has 0 atom stereocenters. The summed E-state index contributed by atoms with van der Waals surface area (Å²) < 4.78 is 21.5. The largest absolute Gasteiger partial charge is 0.493 e. The van der Waals surface area contributed by atoms with Gasteiger partial charge in [-0.25, -0.2) is 19.9 Å². The van der Waals surface area contributed by atoms with Gasteiger partial charge in [-0.2, -0.15) is 0 Å². The maximum Gasteiger partial charge on any atom is 0.231 e. The van der Waals surface area contributed by atoms with Gasteiger partial charge in [0.15, 0.2) is 28.1 Å². The summed E-state index contributed by atoms with van der Waals surface area (Å²) in [4.78, 5) is 19.2. The fraction of sp³-hybridized carbons (Fsp3) is 0.174. The minimum atomic E-state index is 0.218. The van der Waals surface area contributed by atoms with E-state index in [0.29, 0.717) is 51.1 Å². The number of methoxy groups -OCH3 is 2. The molecule has 0 unspecified atom stereocenters. The minimum Gasteiger partial charge on any atom is -0.493 e. The van der Waals surface area contributed by atoms with Gasteiger partial charge in [0.25, 0.3) is 0 Å². The van der Waals surface area contributed by atoms with Crippen molar-refractivity contribution < 1.29 is 18.9 Å². The lowest BCUT2D eigenvalue weighted by Crippen LogP contribution is -2.30. The average molecular weight is 492 g/mol. The molecule has 2 aromatic carbocycles. The van der Waals surface area contributed by atoms with Gasteiger partial charge in [-0.1, -0.05) is 0 Å². The third-order valence-electron chi connectivity index (χ3n) is 5.32. The van der Waals surface area contributed by atoms with Crippen molar-refractivity contribution in [3.05, 3.63) is 49.1 Å². The van der Waals surface area contributed by atoms with Crippen LogP contribution < -0.4 is 34.5 Å². The molecule has 0 bridgehead atoms. The van der Waals surface area contributed by atoms with Crippen molar-refractivity contribution in [2.45, 2.75) is 0 Å². The van der Waals surface area contributed by atoms with Crippen LogP contribution >= 0.6 is 12.2 Å². The Bertz CT molecular complexity index is 1400. The highest BCUT2D eigenvalue weighted by Gasteiger charge is 2.17. The number of nitrogens with zero attached hydrogens (tertiary/aromatic N) is 5. The first-order chi connectivity index (χ1) is 17.1. The number of anilines is 4. The molecule has 4 aromatic rings. The van der Waals surface area contributed by atoms with E-state index in [1.54, 1.807) is 38.7 Å². The van der Waals surface area contributed by atoms with E-state index in [9.17, 15) is 0 Å². The Hall–Kier alpha value is -4.45. The lowest BCUT2D eigenvalue weighted by atomic mass is 10.2. The highest BCUT2D eigenvalue weighted by Crippen LogP contribution is 2.36. The summed E-state index contributed by atoms with van der Waals surface area (Å²) in [6.45, 7) is 0.218. The fourth-order valence-corrected chi connectivity index (χ4v) is 3.69. The summed E-state index contributed by atoms with van der Waals surface area (Å²) in [5.41, 5.74) is 2.18. The van der Waals surface area contributed by atoms with Gasteiger partial charge in [0.05, 0.1) is 37.8 Å². The summed E-state index contributed by atoms with van der Waals surface area (Å²) in [7, 11) is 5.00. The molecule has 2 aromatic heterocycles. The first-order valence-electron chi connectivity index (χ1n) is 10.5. The van der Waals surface area contributed by atoms with Crippen LogP contribution in [0.4, 0.5) is 23.1 Å². The van der Waals surface area contributed by atoms with Crippen LogP contribution in [0.5, 0.6) is 23.0 Å². The lowest BCUT2D eigenvalue weighted by molar-refractivity contribution is 0.174. The Kier molecular flexibility index (Phi) is 6.02. The van der Waals surface area contributed by atoms with Gasteiger partial charge in [0.1, 0.15) is 12.1 Å². The molecule has 12 heteroatoms. The number of thiocarbonyl (C=S) groups is 1. The van der Waals surface area contributed by atoms with E-state index < -0.39 is 0 Å². The van der Waals surface area contributed by atoms with Crippen LogP contribution in [-0.2, 0) is 0 Å². The SMILES string of the molecule is COc1cc2ncnc(Nc3ncc(NC(=S)N(C)c4ccc5c(c4)OCO5)cn3)c2cc1OC. The smallest absolute Gasteiger partial charge is 0.231 e. The van der Waals surface area contributed by atoms with Crippen LogP contribution in [0.2, 0.25) is 0 Å². The lowest BCUT2D eigenvalue weighted by Gasteiger charge is -2.21. The second-order valence-electron chi connectivity index (χ2n) is 7.39. The second kappa shape index (κ2) is 9.43. The third-order valence-corrected chi connectivity index (χ3v) is 5.70. The standard InChI is InChI=1S/C23H21N7O4S/c1-30(14-4-5-17-20(6-14)34-12-33-17)23(35)28-13-9-24-22(25-10-13)29-21-15-7-18(31-2)19(32-3)8-16(15)26-11-27-21/h4-11H,12H2,1-3H3,(H,28,35)(H,24,25,26,27,29). The van der Waals surface area contributed by atoms with Crippen LogP contribution in [0.25, 0.3) is 10.9 Å². The van der Waals surface area contributed by atoms with E-state index >= 15 is 0 Å². The summed E-state index contributed by atoms with van der Waals surface area (Å²) in [5.74, 6) is 3.45. The van der Waals surface area contributed by atoms with Gasteiger partial charge in [-0.15, -0.1) is 0 Å². The second-order valence-corrected chi connectivity index (χ2v) is 7.78. The molecule has 3 heterocycles. The van der Waals surface area contributed by atoms with E-state index in [0.717, 1.165) is 11.1 Å². The van der Waals surface area contributed by atoms with Crippen molar-refractivity contribution in [2.75, 3.05) is 43.6 Å². The quantitative estimate of drug-likeness (QED) is 0.383. The molecule has 2 N–H and O–H groups in total. The zero-order chi connectivity index (χ0) is 24.4. The van der Waals surface area contributed by atoms with E-state index in [4.69, 9.17) is 31.2 Å². The Balaban J connectivity index is 1.29. The number of nitrogens with one attached hydrogen (secondary N) is 2. The Morgan fingerprint density at radius 2 is 1.71 bits per heavy atom. The van der Waals surface area contributed by atoms with E-state index in [-0.39, 0.29) is 6.79 Å². The van der Waals surface area contributed by atoms with Crippen LogP contribution in [0.1, 0.15) is 0 Å². The number of hydrogen-bond donors (Lipinski definition) is 2. The van der Waals surface area contributed by atoms with Crippen molar-refractivity contribution >= 4 is 51.4 Å². The zero-order valence-electron chi connectivity index (χ0n) is 19.1. The summed E-state index contributed by atoms with van der Waals surface area (Å²) in [6, 6.07) is 9.21. The number of hydrogen-bond acceptors (Lipinski definition) is 10. The first kappa shape index (κ1) is 22.3. The first-order valence-corrected chi connectivity index (χ1v) is 10.9. The molecule has 0 radical (unpaired) electrons. The summed E-state index contributed by atoms with van der Waals surface area (Å²) in [6.07, 6.45) is 4.71. The average Bonchev–Trinajstić information content (AvgIpc) is 3.36. The van der Waals surface area contributed by atoms with Gasteiger partial charge < -0.3 is 34.5 Å². The molecule has 11 nitrogen and oxygen atoms in total. The maximum absolute atomic E-state index is 5.54. The number of fused-ring (bicyclic) bond motifs is 2.